The fourth-order valence-electron chi connectivity index (χ4n) is 2.29. The number of halogens is 2. The van der Waals surface area contributed by atoms with Gasteiger partial charge < -0.3 is 10.4 Å². The van der Waals surface area contributed by atoms with E-state index in [2.05, 4.69) is 10.6 Å². The first-order chi connectivity index (χ1) is 11.2. The average Bonchev–Trinajstić information content (AvgIpc) is 2.51. The summed E-state index contributed by atoms with van der Waals surface area (Å²) in [5.41, 5.74) is 0.427. The standard InChI is InChI=1S/C17H24F2N2O3/c1-4-14(17(23)24)21-15(7-10(2)3)16(22)20-9-11-5-6-12(18)13(19)8-11/h5-6,8,10,14-15,21H,4,7,9H2,1-3H3,(H,20,22)(H,23,24). The number of hydrogen-bond donors (Lipinski definition) is 3. The maximum Gasteiger partial charge on any atom is 0.320 e. The van der Waals surface area contributed by atoms with E-state index in [1.165, 1.54) is 6.07 Å². The van der Waals surface area contributed by atoms with Gasteiger partial charge in [0.1, 0.15) is 6.04 Å². The Hall–Kier alpha value is -2.02. The minimum atomic E-state index is -1.01. The fraction of sp³-hybridized carbons (Fsp3) is 0.529. The first-order valence-corrected chi connectivity index (χ1v) is 7.95. The normalized spacial score (nSPS) is 13.6. The van der Waals surface area contributed by atoms with Gasteiger partial charge in [0.25, 0.3) is 0 Å². The number of carboxylic acid groups (broad SMARTS) is 1. The summed E-state index contributed by atoms with van der Waals surface area (Å²) in [7, 11) is 0. The molecular weight excluding hydrogens is 318 g/mol. The molecular formula is C17H24F2N2O3. The van der Waals surface area contributed by atoms with Gasteiger partial charge in [-0.1, -0.05) is 26.8 Å². The van der Waals surface area contributed by atoms with E-state index in [0.29, 0.717) is 18.4 Å². The summed E-state index contributed by atoms with van der Waals surface area (Å²) in [6, 6.07) is 1.92. The second-order valence-corrected chi connectivity index (χ2v) is 6.11. The van der Waals surface area contributed by atoms with E-state index in [1.807, 2.05) is 13.8 Å². The molecule has 3 N–H and O–H groups in total. The molecule has 7 heteroatoms. The van der Waals surface area contributed by atoms with Gasteiger partial charge in [0.15, 0.2) is 11.6 Å². The molecule has 0 radical (unpaired) electrons. The first-order valence-electron chi connectivity index (χ1n) is 7.95. The van der Waals surface area contributed by atoms with Gasteiger partial charge in [-0.15, -0.1) is 0 Å². The molecule has 0 aliphatic carbocycles. The van der Waals surface area contributed by atoms with Crippen molar-refractivity contribution < 1.29 is 23.5 Å². The summed E-state index contributed by atoms with van der Waals surface area (Å²) >= 11 is 0. The van der Waals surface area contributed by atoms with E-state index < -0.39 is 29.7 Å². The van der Waals surface area contributed by atoms with E-state index in [0.717, 1.165) is 12.1 Å². The Labute approximate surface area is 140 Å². The minimum Gasteiger partial charge on any atom is -0.480 e. The smallest absolute Gasteiger partial charge is 0.320 e. The van der Waals surface area contributed by atoms with Crippen molar-refractivity contribution in [1.29, 1.82) is 0 Å². The summed E-state index contributed by atoms with van der Waals surface area (Å²) in [6.45, 7) is 5.62. The van der Waals surface area contributed by atoms with Crippen LogP contribution >= 0.6 is 0 Å². The Kier molecular flexibility index (Phi) is 7.78. The lowest BCUT2D eigenvalue weighted by Gasteiger charge is -2.23. The highest BCUT2D eigenvalue weighted by Gasteiger charge is 2.25. The Morgan fingerprint density at radius 1 is 1.17 bits per heavy atom. The van der Waals surface area contributed by atoms with Crippen molar-refractivity contribution in [3.63, 3.8) is 0 Å². The van der Waals surface area contributed by atoms with Crippen molar-refractivity contribution in [2.24, 2.45) is 5.92 Å². The van der Waals surface area contributed by atoms with Crippen LogP contribution in [0.25, 0.3) is 0 Å². The first kappa shape index (κ1) is 20.0. The molecule has 0 aliphatic rings. The topological polar surface area (TPSA) is 78.4 Å². The van der Waals surface area contributed by atoms with Gasteiger partial charge >= 0.3 is 5.97 Å². The molecule has 0 saturated heterocycles. The van der Waals surface area contributed by atoms with Crippen LogP contribution in [-0.4, -0.2) is 29.1 Å². The number of carbonyl (C=O) groups is 2. The number of benzene rings is 1. The number of amides is 1. The summed E-state index contributed by atoms with van der Waals surface area (Å²) in [4.78, 5) is 23.5. The van der Waals surface area contributed by atoms with Crippen LogP contribution < -0.4 is 10.6 Å². The van der Waals surface area contributed by atoms with Crippen LogP contribution in [0.4, 0.5) is 8.78 Å². The largest absolute Gasteiger partial charge is 0.480 e. The van der Waals surface area contributed by atoms with Gasteiger partial charge in [0.2, 0.25) is 5.91 Å². The molecule has 1 amide bonds. The second-order valence-electron chi connectivity index (χ2n) is 6.11. The van der Waals surface area contributed by atoms with Crippen LogP contribution in [0.5, 0.6) is 0 Å². The highest BCUT2D eigenvalue weighted by Crippen LogP contribution is 2.10. The molecule has 2 unspecified atom stereocenters. The van der Waals surface area contributed by atoms with Crippen molar-refractivity contribution in [2.45, 2.75) is 52.2 Å². The van der Waals surface area contributed by atoms with Crippen LogP contribution in [0.15, 0.2) is 18.2 Å². The van der Waals surface area contributed by atoms with Crippen LogP contribution in [-0.2, 0) is 16.1 Å². The Balaban J connectivity index is 2.72. The SMILES string of the molecule is CCC(NC(CC(C)C)C(=O)NCc1ccc(F)c(F)c1)C(=O)O. The maximum absolute atomic E-state index is 13.2. The van der Waals surface area contributed by atoms with E-state index in [9.17, 15) is 18.4 Å². The second kappa shape index (κ2) is 9.32. The van der Waals surface area contributed by atoms with Gasteiger partial charge in [0.05, 0.1) is 6.04 Å². The summed E-state index contributed by atoms with van der Waals surface area (Å²) in [5, 5.41) is 14.6. The molecule has 0 spiro atoms. The Bertz CT molecular complexity index is 579. The number of carbonyl (C=O) groups excluding carboxylic acids is 1. The molecule has 0 bridgehead atoms. The van der Waals surface area contributed by atoms with E-state index >= 15 is 0 Å². The van der Waals surface area contributed by atoms with E-state index in [1.54, 1.807) is 6.92 Å². The van der Waals surface area contributed by atoms with E-state index in [-0.39, 0.29) is 18.4 Å². The zero-order valence-corrected chi connectivity index (χ0v) is 14.1. The number of rotatable bonds is 9. The molecule has 1 aromatic carbocycles. The average molecular weight is 342 g/mol. The van der Waals surface area contributed by atoms with Crippen molar-refractivity contribution >= 4 is 11.9 Å². The number of carboxylic acids is 1. The highest BCUT2D eigenvalue weighted by atomic mass is 19.2. The summed E-state index contributed by atoms with van der Waals surface area (Å²) in [5.74, 6) is -3.12. The zero-order chi connectivity index (χ0) is 18.3. The van der Waals surface area contributed by atoms with Crippen LogP contribution in [0, 0.1) is 17.6 Å². The molecule has 0 aromatic heterocycles. The minimum absolute atomic E-state index is 0.0379. The van der Waals surface area contributed by atoms with Crippen LogP contribution in [0.1, 0.15) is 39.2 Å². The molecule has 1 rings (SSSR count). The molecule has 0 heterocycles. The molecule has 0 fully saturated rings. The molecule has 2 atom stereocenters. The Morgan fingerprint density at radius 2 is 1.83 bits per heavy atom. The fourth-order valence-corrected chi connectivity index (χ4v) is 2.29. The Morgan fingerprint density at radius 3 is 2.33 bits per heavy atom. The zero-order valence-electron chi connectivity index (χ0n) is 14.1. The molecule has 134 valence electrons. The third kappa shape index (κ3) is 6.23. The van der Waals surface area contributed by atoms with Crippen molar-refractivity contribution in [1.82, 2.24) is 10.6 Å². The van der Waals surface area contributed by atoms with Crippen LogP contribution in [0.3, 0.4) is 0 Å². The van der Waals surface area contributed by atoms with Gasteiger partial charge in [-0.2, -0.15) is 0 Å². The quantitative estimate of drug-likeness (QED) is 0.644. The molecule has 0 aliphatic heterocycles. The van der Waals surface area contributed by atoms with Gasteiger partial charge in [0, 0.05) is 6.54 Å². The van der Waals surface area contributed by atoms with Crippen LogP contribution in [0.2, 0.25) is 0 Å². The lowest BCUT2D eigenvalue weighted by molar-refractivity contribution is -0.140. The molecule has 24 heavy (non-hydrogen) atoms. The summed E-state index contributed by atoms with van der Waals surface area (Å²) in [6.07, 6.45) is 0.813. The number of aliphatic carboxylic acids is 1. The molecule has 0 saturated carbocycles. The lowest BCUT2D eigenvalue weighted by atomic mass is 10.0. The third-order valence-electron chi connectivity index (χ3n) is 3.58. The number of nitrogens with one attached hydrogen (secondary N) is 2. The highest BCUT2D eigenvalue weighted by molar-refractivity contribution is 5.83. The van der Waals surface area contributed by atoms with Gasteiger partial charge in [-0.3, -0.25) is 14.9 Å². The maximum atomic E-state index is 13.2. The van der Waals surface area contributed by atoms with E-state index in [4.69, 9.17) is 5.11 Å². The number of hydrogen-bond acceptors (Lipinski definition) is 3. The predicted molar refractivity (Wildman–Crippen MR) is 86.3 cm³/mol. The van der Waals surface area contributed by atoms with Crippen molar-refractivity contribution in [2.75, 3.05) is 0 Å². The third-order valence-corrected chi connectivity index (χ3v) is 3.58. The monoisotopic (exact) mass is 342 g/mol. The molecule has 1 aromatic rings. The summed E-state index contributed by atoms with van der Waals surface area (Å²) < 4.78 is 26.1. The lowest BCUT2D eigenvalue weighted by Crippen LogP contribution is -2.51. The van der Waals surface area contributed by atoms with Crippen molar-refractivity contribution in [3.8, 4) is 0 Å². The predicted octanol–water partition coefficient (Wildman–Crippen LogP) is 2.45. The molecule has 5 nitrogen and oxygen atoms in total. The van der Waals surface area contributed by atoms with Gasteiger partial charge in [-0.05, 0) is 36.5 Å². The van der Waals surface area contributed by atoms with Gasteiger partial charge in [-0.25, -0.2) is 8.78 Å². The van der Waals surface area contributed by atoms with Crippen molar-refractivity contribution in [3.05, 3.63) is 35.4 Å².